The fraction of sp³-hybridized carbons (Fsp3) is 0.875. The summed E-state index contributed by atoms with van der Waals surface area (Å²) >= 11 is 0. The molecule has 2 amide bonds. The molecule has 2 rings (SSSR count). The lowest BCUT2D eigenvalue weighted by atomic mass is 9.85. The highest BCUT2D eigenvalue weighted by molar-refractivity contribution is 5.77. The number of carbonyl (C=O) groups excluding carboxylic acids is 2. The Morgan fingerprint density at radius 2 is 1.64 bits per heavy atom. The van der Waals surface area contributed by atoms with Crippen molar-refractivity contribution in [1.29, 1.82) is 0 Å². The van der Waals surface area contributed by atoms with Gasteiger partial charge in [0.15, 0.2) is 0 Å². The van der Waals surface area contributed by atoms with Gasteiger partial charge < -0.3 is 10.1 Å². The van der Waals surface area contributed by atoms with Crippen LogP contribution in [0.5, 0.6) is 0 Å². The predicted octanol–water partition coefficient (Wildman–Crippen LogP) is 1.91. The van der Waals surface area contributed by atoms with E-state index in [9.17, 15) is 9.59 Å². The molecule has 2 aliphatic rings. The van der Waals surface area contributed by atoms with E-state index in [1.807, 2.05) is 0 Å². The van der Waals surface area contributed by atoms with Crippen molar-refractivity contribution in [2.45, 2.75) is 76.4 Å². The second-order valence-electron chi connectivity index (χ2n) is 6.60. The van der Waals surface area contributed by atoms with Crippen molar-refractivity contribution in [1.82, 2.24) is 10.8 Å². The number of rotatable bonds is 6. The van der Waals surface area contributed by atoms with Crippen molar-refractivity contribution in [3.05, 3.63) is 0 Å². The first-order valence-electron chi connectivity index (χ1n) is 8.51. The Morgan fingerprint density at radius 3 is 2.27 bits per heavy atom. The zero-order chi connectivity index (χ0) is 15.8. The van der Waals surface area contributed by atoms with E-state index in [-0.39, 0.29) is 24.5 Å². The van der Waals surface area contributed by atoms with Gasteiger partial charge in [-0.05, 0) is 44.4 Å². The van der Waals surface area contributed by atoms with Crippen LogP contribution in [0, 0.1) is 5.92 Å². The smallest absolute Gasteiger partial charge is 0.246 e. The van der Waals surface area contributed by atoms with Gasteiger partial charge in [0.2, 0.25) is 11.8 Å². The van der Waals surface area contributed by atoms with Gasteiger partial charge in [-0.15, -0.1) is 0 Å². The second kappa shape index (κ2) is 9.10. The highest BCUT2D eigenvalue weighted by Crippen LogP contribution is 2.28. The van der Waals surface area contributed by atoms with Crippen molar-refractivity contribution in [3.63, 3.8) is 0 Å². The van der Waals surface area contributed by atoms with Gasteiger partial charge in [0.25, 0.3) is 0 Å². The van der Waals surface area contributed by atoms with E-state index in [1.165, 1.54) is 19.3 Å². The van der Waals surface area contributed by atoms with Crippen LogP contribution in [0.15, 0.2) is 0 Å². The first kappa shape index (κ1) is 17.2. The molecular formula is C16H28N2O4. The Kier molecular flexibility index (Phi) is 7.12. The third-order valence-electron chi connectivity index (χ3n) is 4.81. The van der Waals surface area contributed by atoms with Gasteiger partial charge in [-0.1, -0.05) is 19.3 Å². The van der Waals surface area contributed by atoms with Crippen LogP contribution in [0.1, 0.15) is 64.2 Å². The van der Waals surface area contributed by atoms with E-state index in [1.54, 1.807) is 5.48 Å². The van der Waals surface area contributed by atoms with Gasteiger partial charge in [0.05, 0.1) is 6.10 Å². The van der Waals surface area contributed by atoms with Gasteiger partial charge >= 0.3 is 0 Å². The molecule has 2 saturated carbocycles. The lowest BCUT2D eigenvalue weighted by Crippen LogP contribution is -2.39. The SMILES string of the molecule is O=C(CC1CCC(OCC(=O)NC2CCCCC2)CC1)NO. The maximum absolute atomic E-state index is 11.9. The summed E-state index contributed by atoms with van der Waals surface area (Å²) in [6.07, 6.45) is 9.91. The molecule has 0 spiro atoms. The Bertz CT molecular complexity index is 361. The molecule has 0 saturated heterocycles. The molecule has 0 aromatic heterocycles. The first-order chi connectivity index (χ1) is 10.7. The zero-order valence-electron chi connectivity index (χ0n) is 13.2. The molecule has 0 radical (unpaired) electrons. The highest BCUT2D eigenvalue weighted by atomic mass is 16.5. The number of hydrogen-bond donors (Lipinski definition) is 3. The zero-order valence-corrected chi connectivity index (χ0v) is 13.2. The Labute approximate surface area is 131 Å². The minimum atomic E-state index is -0.323. The van der Waals surface area contributed by atoms with E-state index in [0.29, 0.717) is 18.4 Å². The monoisotopic (exact) mass is 312 g/mol. The molecule has 6 nitrogen and oxygen atoms in total. The van der Waals surface area contributed by atoms with Crippen molar-refractivity contribution >= 4 is 11.8 Å². The summed E-state index contributed by atoms with van der Waals surface area (Å²) in [5, 5.41) is 11.6. The Hall–Kier alpha value is -1.14. The summed E-state index contributed by atoms with van der Waals surface area (Å²) in [6, 6.07) is 0.331. The molecule has 0 bridgehead atoms. The molecule has 126 valence electrons. The Balaban J connectivity index is 1.58. The fourth-order valence-corrected chi connectivity index (χ4v) is 3.52. The van der Waals surface area contributed by atoms with Crippen LogP contribution in [-0.4, -0.2) is 35.8 Å². The molecule has 0 unspecified atom stereocenters. The molecule has 0 atom stereocenters. The minimum Gasteiger partial charge on any atom is -0.368 e. The maximum Gasteiger partial charge on any atom is 0.246 e. The van der Waals surface area contributed by atoms with E-state index in [4.69, 9.17) is 9.94 Å². The lowest BCUT2D eigenvalue weighted by Gasteiger charge is -2.28. The number of ether oxygens (including phenoxy) is 1. The molecule has 0 aromatic carbocycles. The summed E-state index contributed by atoms with van der Waals surface area (Å²) in [6.45, 7) is 0.142. The Morgan fingerprint density at radius 1 is 0.955 bits per heavy atom. The average molecular weight is 312 g/mol. The molecule has 6 heteroatoms. The minimum absolute atomic E-state index is 0.00585. The maximum atomic E-state index is 11.9. The van der Waals surface area contributed by atoms with Crippen LogP contribution >= 0.6 is 0 Å². The molecule has 22 heavy (non-hydrogen) atoms. The van der Waals surface area contributed by atoms with Crippen molar-refractivity contribution in [2.24, 2.45) is 5.92 Å². The molecular weight excluding hydrogens is 284 g/mol. The van der Waals surface area contributed by atoms with Crippen LogP contribution in [0.2, 0.25) is 0 Å². The number of hydroxylamine groups is 1. The topological polar surface area (TPSA) is 87.7 Å². The van der Waals surface area contributed by atoms with Gasteiger partial charge in [0.1, 0.15) is 6.61 Å². The summed E-state index contributed by atoms with van der Waals surface area (Å²) in [7, 11) is 0. The van der Waals surface area contributed by atoms with Gasteiger partial charge in [0, 0.05) is 12.5 Å². The third-order valence-corrected chi connectivity index (χ3v) is 4.81. The van der Waals surface area contributed by atoms with Crippen LogP contribution in [0.4, 0.5) is 0 Å². The van der Waals surface area contributed by atoms with Crippen LogP contribution in [0.3, 0.4) is 0 Å². The number of hydrogen-bond acceptors (Lipinski definition) is 4. The van der Waals surface area contributed by atoms with Gasteiger partial charge in [-0.3, -0.25) is 14.8 Å². The first-order valence-corrected chi connectivity index (χ1v) is 8.51. The van der Waals surface area contributed by atoms with E-state index >= 15 is 0 Å². The van der Waals surface area contributed by atoms with Gasteiger partial charge in [-0.2, -0.15) is 0 Å². The predicted molar refractivity (Wildman–Crippen MR) is 81.3 cm³/mol. The van der Waals surface area contributed by atoms with E-state index in [0.717, 1.165) is 38.5 Å². The summed E-state index contributed by atoms with van der Waals surface area (Å²) in [5.74, 6) is -0.0204. The second-order valence-corrected chi connectivity index (χ2v) is 6.60. The summed E-state index contributed by atoms with van der Waals surface area (Å²) in [4.78, 5) is 23.0. The fourth-order valence-electron chi connectivity index (χ4n) is 3.52. The van der Waals surface area contributed by atoms with Crippen molar-refractivity contribution in [2.75, 3.05) is 6.61 Å². The van der Waals surface area contributed by atoms with Gasteiger partial charge in [-0.25, -0.2) is 5.48 Å². The lowest BCUT2D eigenvalue weighted by molar-refractivity contribution is -0.131. The number of amides is 2. The van der Waals surface area contributed by atoms with Crippen molar-refractivity contribution < 1.29 is 19.5 Å². The third kappa shape index (κ3) is 5.93. The average Bonchev–Trinajstić information content (AvgIpc) is 2.55. The quantitative estimate of drug-likeness (QED) is 0.516. The molecule has 0 aromatic rings. The highest BCUT2D eigenvalue weighted by Gasteiger charge is 2.24. The normalized spacial score (nSPS) is 26.4. The summed E-state index contributed by atoms with van der Waals surface area (Å²) < 4.78 is 5.70. The molecule has 2 aliphatic carbocycles. The number of carbonyl (C=O) groups is 2. The molecule has 0 heterocycles. The van der Waals surface area contributed by atoms with Crippen LogP contribution in [-0.2, 0) is 14.3 Å². The largest absolute Gasteiger partial charge is 0.368 e. The van der Waals surface area contributed by atoms with Crippen LogP contribution < -0.4 is 10.8 Å². The molecule has 3 N–H and O–H groups in total. The standard InChI is InChI=1S/C16H28N2O4/c19-15(18-21)10-12-6-8-14(9-7-12)22-11-16(20)17-13-4-2-1-3-5-13/h12-14,21H,1-11H2,(H,17,20)(H,18,19). The molecule has 0 aliphatic heterocycles. The van der Waals surface area contributed by atoms with E-state index in [2.05, 4.69) is 5.32 Å². The van der Waals surface area contributed by atoms with Crippen molar-refractivity contribution in [3.8, 4) is 0 Å². The number of nitrogens with one attached hydrogen (secondary N) is 2. The van der Waals surface area contributed by atoms with Crippen LogP contribution in [0.25, 0.3) is 0 Å². The summed E-state index contributed by atoms with van der Waals surface area (Å²) in [5.41, 5.74) is 1.68. The molecule has 2 fully saturated rings. The van der Waals surface area contributed by atoms with E-state index < -0.39 is 0 Å².